The van der Waals surface area contributed by atoms with Crippen LogP contribution in [0.15, 0.2) is 24.3 Å². The molecule has 0 saturated carbocycles. The summed E-state index contributed by atoms with van der Waals surface area (Å²) in [6.45, 7) is 2.39. The molecule has 1 saturated heterocycles. The van der Waals surface area contributed by atoms with Gasteiger partial charge in [0, 0.05) is 19.1 Å². The zero-order chi connectivity index (χ0) is 18.3. The molecule has 2 N–H and O–H groups in total. The molecule has 1 heterocycles. The monoisotopic (exact) mass is 360 g/mol. The van der Waals surface area contributed by atoms with Crippen LogP contribution in [0.3, 0.4) is 0 Å². The summed E-state index contributed by atoms with van der Waals surface area (Å²) in [6.07, 6.45) is -2.67. The van der Waals surface area contributed by atoms with Crippen molar-refractivity contribution in [3.05, 3.63) is 29.8 Å². The summed E-state index contributed by atoms with van der Waals surface area (Å²) in [5.74, 6) is -0.357. The maximum atomic E-state index is 12.7. The molecule has 5 nitrogen and oxygen atoms in total. The second-order valence-corrected chi connectivity index (χ2v) is 6.27. The van der Waals surface area contributed by atoms with Gasteiger partial charge in [-0.1, -0.05) is 6.07 Å². The fourth-order valence-corrected chi connectivity index (χ4v) is 2.88. The van der Waals surface area contributed by atoms with E-state index in [0.717, 1.165) is 38.1 Å². The van der Waals surface area contributed by atoms with Gasteiger partial charge in [-0.25, -0.2) is 0 Å². The van der Waals surface area contributed by atoms with Crippen LogP contribution in [-0.4, -0.2) is 45.9 Å². The maximum Gasteiger partial charge on any atom is 0.416 e. The van der Waals surface area contributed by atoms with E-state index in [4.69, 9.17) is 9.47 Å². The Morgan fingerprint density at radius 1 is 1.32 bits per heavy atom. The number of carbonyl (C=O) groups excluding carboxylic acids is 1. The minimum absolute atomic E-state index is 0.0125. The average Bonchev–Trinajstić information content (AvgIpc) is 2.59. The topological polar surface area (TPSA) is 59.6 Å². The molecule has 8 heteroatoms. The van der Waals surface area contributed by atoms with Gasteiger partial charge in [-0.15, -0.1) is 0 Å². The number of amides is 1. The Kier molecular flexibility index (Phi) is 6.66. The highest BCUT2D eigenvalue weighted by molar-refractivity contribution is 5.77. The number of rotatable bonds is 7. The van der Waals surface area contributed by atoms with E-state index in [1.54, 1.807) is 7.11 Å². The van der Waals surface area contributed by atoms with Gasteiger partial charge in [-0.3, -0.25) is 4.79 Å². The number of ether oxygens (including phenoxy) is 2. The van der Waals surface area contributed by atoms with Gasteiger partial charge in [0.05, 0.1) is 12.2 Å². The van der Waals surface area contributed by atoms with Gasteiger partial charge in [-0.2, -0.15) is 13.2 Å². The van der Waals surface area contributed by atoms with Crippen molar-refractivity contribution in [2.45, 2.75) is 19.0 Å². The van der Waals surface area contributed by atoms with E-state index in [0.29, 0.717) is 13.2 Å². The Labute approximate surface area is 144 Å². The molecule has 2 rings (SSSR count). The lowest BCUT2D eigenvalue weighted by atomic mass is 9.79. The number of benzene rings is 1. The van der Waals surface area contributed by atoms with E-state index in [1.807, 2.05) is 0 Å². The molecule has 1 aromatic carbocycles. The summed E-state index contributed by atoms with van der Waals surface area (Å²) in [5.41, 5.74) is -0.926. The van der Waals surface area contributed by atoms with Gasteiger partial charge in [0.25, 0.3) is 5.91 Å². The van der Waals surface area contributed by atoms with Crippen molar-refractivity contribution in [3.8, 4) is 5.75 Å². The normalized spacial score (nSPS) is 17.1. The van der Waals surface area contributed by atoms with Crippen LogP contribution in [0.1, 0.15) is 18.4 Å². The maximum absolute atomic E-state index is 12.7. The SMILES string of the molecule is COCC1(CNC(=O)COc2cccc(C(F)(F)F)c2)CCNCC1. The third-order valence-corrected chi connectivity index (χ3v) is 4.31. The van der Waals surface area contributed by atoms with Gasteiger partial charge in [-0.05, 0) is 44.1 Å². The Bertz CT molecular complexity index is 567. The van der Waals surface area contributed by atoms with Gasteiger partial charge >= 0.3 is 6.18 Å². The fraction of sp³-hybridized carbons (Fsp3) is 0.588. The molecule has 0 aliphatic carbocycles. The summed E-state index contributed by atoms with van der Waals surface area (Å²) in [6, 6.07) is 4.48. The number of methoxy groups -OCH3 is 1. The Morgan fingerprint density at radius 2 is 2.04 bits per heavy atom. The molecule has 1 amide bonds. The second kappa shape index (κ2) is 8.53. The number of hydrogen-bond acceptors (Lipinski definition) is 4. The molecule has 1 aliphatic rings. The van der Waals surface area contributed by atoms with E-state index in [9.17, 15) is 18.0 Å². The van der Waals surface area contributed by atoms with Crippen LogP contribution < -0.4 is 15.4 Å². The summed E-state index contributed by atoms with van der Waals surface area (Å²) in [5, 5.41) is 6.06. The van der Waals surface area contributed by atoms with Crippen LogP contribution in [0, 0.1) is 5.41 Å². The molecule has 25 heavy (non-hydrogen) atoms. The lowest BCUT2D eigenvalue weighted by Gasteiger charge is -2.37. The molecule has 140 valence electrons. The lowest BCUT2D eigenvalue weighted by Crippen LogP contribution is -2.47. The summed E-state index contributed by atoms with van der Waals surface area (Å²) >= 11 is 0. The van der Waals surface area contributed by atoms with Crippen molar-refractivity contribution in [2.24, 2.45) is 5.41 Å². The molecule has 0 radical (unpaired) electrons. The van der Waals surface area contributed by atoms with Crippen molar-refractivity contribution >= 4 is 5.91 Å². The highest BCUT2D eigenvalue weighted by Gasteiger charge is 2.33. The van der Waals surface area contributed by atoms with Gasteiger partial charge in [0.2, 0.25) is 0 Å². The molecular formula is C17H23F3N2O3. The predicted molar refractivity (Wildman–Crippen MR) is 86.4 cm³/mol. The van der Waals surface area contributed by atoms with Crippen LogP contribution >= 0.6 is 0 Å². The highest BCUT2D eigenvalue weighted by Crippen LogP contribution is 2.31. The van der Waals surface area contributed by atoms with Crippen molar-refractivity contribution < 1.29 is 27.4 Å². The van der Waals surface area contributed by atoms with Gasteiger partial charge in [0.15, 0.2) is 6.61 Å². The Morgan fingerprint density at radius 3 is 2.68 bits per heavy atom. The van der Waals surface area contributed by atoms with Crippen LogP contribution in [-0.2, 0) is 15.7 Å². The Balaban J connectivity index is 1.84. The summed E-state index contributed by atoms with van der Waals surface area (Å²) in [4.78, 5) is 12.0. The molecular weight excluding hydrogens is 337 g/mol. The fourth-order valence-electron chi connectivity index (χ4n) is 2.88. The van der Waals surface area contributed by atoms with Crippen LogP contribution in [0.25, 0.3) is 0 Å². The van der Waals surface area contributed by atoms with Gasteiger partial charge in [0.1, 0.15) is 5.75 Å². The molecule has 1 aliphatic heterocycles. The molecule has 0 atom stereocenters. The first-order chi connectivity index (χ1) is 11.8. The van der Waals surface area contributed by atoms with E-state index in [1.165, 1.54) is 12.1 Å². The predicted octanol–water partition coefficient (Wildman–Crippen LogP) is 2.22. The minimum Gasteiger partial charge on any atom is -0.484 e. The van der Waals surface area contributed by atoms with Crippen molar-refractivity contribution in [1.29, 1.82) is 0 Å². The highest BCUT2D eigenvalue weighted by atomic mass is 19.4. The van der Waals surface area contributed by atoms with Crippen LogP contribution in [0.5, 0.6) is 5.75 Å². The molecule has 0 spiro atoms. The van der Waals surface area contributed by atoms with E-state index >= 15 is 0 Å². The number of nitrogens with one attached hydrogen (secondary N) is 2. The third-order valence-electron chi connectivity index (χ3n) is 4.31. The molecule has 0 bridgehead atoms. The molecule has 0 unspecified atom stereocenters. The smallest absolute Gasteiger partial charge is 0.416 e. The first kappa shape index (κ1) is 19.5. The number of alkyl halides is 3. The summed E-state index contributed by atoms with van der Waals surface area (Å²) in [7, 11) is 1.63. The average molecular weight is 360 g/mol. The van der Waals surface area contributed by atoms with Crippen LogP contribution in [0.2, 0.25) is 0 Å². The number of hydrogen-bond donors (Lipinski definition) is 2. The first-order valence-corrected chi connectivity index (χ1v) is 8.11. The molecule has 0 aromatic heterocycles. The number of halogens is 3. The van der Waals surface area contributed by atoms with Crippen molar-refractivity contribution in [2.75, 3.05) is 40.0 Å². The van der Waals surface area contributed by atoms with E-state index < -0.39 is 11.7 Å². The summed E-state index contributed by atoms with van der Waals surface area (Å²) < 4.78 is 48.4. The largest absolute Gasteiger partial charge is 0.484 e. The van der Waals surface area contributed by atoms with E-state index in [-0.39, 0.29) is 23.7 Å². The quantitative estimate of drug-likeness (QED) is 0.783. The number of carbonyl (C=O) groups is 1. The first-order valence-electron chi connectivity index (χ1n) is 8.11. The molecule has 1 aromatic rings. The second-order valence-electron chi connectivity index (χ2n) is 6.27. The van der Waals surface area contributed by atoms with Crippen LogP contribution in [0.4, 0.5) is 13.2 Å². The zero-order valence-corrected chi connectivity index (χ0v) is 14.1. The molecule has 1 fully saturated rings. The van der Waals surface area contributed by atoms with Gasteiger partial charge < -0.3 is 20.1 Å². The minimum atomic E-state index is -4.44. The third kappa shape index (κ3) is 5.89. The standard InChI is InChI=1S/C17H23F3N2O3/c1-24-12-16(5-7-21-8-6-16)11-22-15(23)10-25-14-4-2-3-13(9-14)17(18,19)20/h2-4,9,21H,5-8,10-12H2,1H3,(H,22,23). The number of piperidine rings is 1. The van der Waals surface area contributed by atoms with E-state index in [2.05, 4.69) is 10.6 Å². The lowest BCUT2D eigenvalue weighted by molar-refractivity contribution is -0.137. The van der Waals surface area contributed by atoms with Crippen molar-refractivity contribution in [1.82, 2.24) is 10.6 Å². The van der Waals surface area contributed by atoms with Crippen molar-refractivity contribution in [3.63, 3.8) is 0 Å². The Hall–Kier alpha value is -1.80. The zero-order valence-electron chi connectivity index (χ0n) is 14.1.